The monoisotopic (exact) mass is 303 g/mol. The highest BCUT2D eigenvalue weighted by molar-refractivity contribution is 7.98. The van der Waals surface area contributed by atoms with Crippen molar-refractivity contribution in [2.75, 3.05) is 0 Å². The molecule has 2 heterocycles. The summed E-state index contributed by atoms with van der Waals surface area (Å²) in [4.78, 5) is 0. The largest absolute Gasteiger partial charge is 0.488 e. The van der Waals surface area contributed by atoms with Crippen molar-refractivity contribution in [3.63, 3.8) is 0 Å². The van der Waals surface area contributed by atoms with Gasteiger partial charge in [-0.3, -0.25) is 0 Å². The first kappa shape index (κ1) is 14.6. The SMILES string of the molecule is OB(O)c1ccccc1CSc1nnc2n1CCCCC2. The smallest absolute Gasteiger partial charge is 0.423 e. The summed E-state index contributed by atoms with van der Waals surface area (Å²) < 4.78 is 2.20. The Morgan fingerprint density at radius 1 is 1.14 bits per heavy atom. The number of thioether (sulfide) groups is 1. The molecule has 0 atom stereocenters. The average molecular weight is 303 g/mol. The molecule has 7 heteroatoms. The summed E-state index contributed by atoms with van der Waals surface area (Å²) in [5, 5.41) is 28.3. The molecule has 0 amide bonds. The van der Waals surface area contributed by atoms with Gasteiger partial charge in [-0.1, -0.05) is 42.4 Å². The van der Waals surface area contributed by atoms with E-state index in [0.717, 1.165) is 29.5 Å². The predicted octanol–water partition coefficient (Wildman–Crippen LogP) is 0.977. The van der Waals surface area contributed by atoms with Gasteiger partial charge in [0.15, 0.2) is 5.16 Å². The molecule has 3 rings (SSSR count). The van der Waals surface area contributed by atoms with Crippen LogP contribution in [0.2, 0.25) is 0 Å². The summed E-state index contributed by atoms with van der Waals surface area (Å²) in [6.45, 7) is 0.981. The molecule has 0 bridgehead atoms. The van der Waals surface area contributed by atoms with E-state index in [-0.39, 0.29) is 0 Å². The van der Waals surface area contributed by atoms with Crippen LogP contribution in [0.1, 0.15) is 30.7 Å². The lowest BCUT2D eigenvalue weighted by Crippen LogP contribution is -2.32. The zero-order valence-electron chi connectivity index (χ0n) is 11.8. The number of hydrogen-bond donors (Lipinski definition) is 2. The van der Waals surface area contributed by atoms with Crippen LogP contribution in [-0.4, -0.2) is 31.9 Å². The highest BCUT2D eigenvalue weighted by Crippen LogP contribution is 2.24. The maximum Gasteiger partial charge on any atom is 0.488 e. The van der Waals surface area contributed by atoms with Crippen LogP contribution in [0.25, 0.3) is 0 Å². The highest BCUT2D eigenvalue weighted by atomic mass is 32.2. The van der Waals surface area contributed by atoms with E-state index < -0.39 is 7.12 Å². The van der Waals surface area contributed by atoms with Crippen LogP contribution in [0.4, 0.5) is 0 Å². The Morgan fingerprint density at radius 3 is 2.86 bits per heavy atom. The Hall–Kier alpha value is -1.31. The standard InChI is InChI=1S/C14H18BN3O2S/c19-15(20)12-7-4-3-6-11(12)10-21-14-17-16-13-8-2-1-5-9-18(13)14/h3-4,6-7,19-20H,1-2,5,8-10H2. The van der Waals surface area contributed by atoms with E-state index in [2.05, 4.69) is 14.8 Å². The summed E-state index contributed by atoms with van der Waals surface area (Å²) in [6, 6.07) is 7.38. The molecule has 21 heavy (non-hydrogen) atoms. The van der Waals surface area contributed by atoms with Crippen molar-refractivity contribution in [3.8, 4) is 0 Å². The Balaban J connectivity index is 1.75. The van der Waals surface area contributed by atoms with E-state index in [4.69, 9.17) is 0 Å². The second kappa shape index (κ2) is 6.64. The quantitative estimate of drug-likeness (QED) is 0.651. The number of benzene rings is 1. The maximum atomic E-state index is 9.40. The number of rotatable bonds is 4. The van der Waals surface area contributed by atoms with Gasteiger partial charge >= 0.3 is 7.12 Å². The van der Waals surface area contributed by atoms with Crippen molar-refractivity contribution in [1.29, 1.82) is 0 Å². The average Bonchev–Trinajstić information content (AvgIpc) is 2.72. The molecular formula is C14H18BN3O2S. The molecule has 1 aliphatic heterocycles. The van der Waals surface area contributed by atoms with Crippen molar-refractivity contribution in [2.24, 2.45) is 0 Å². The van der Waals surface area contributed by atoms with Gasteiger partial charge in [-0.25, -0.2) is 0 Å². The summed E-state index contributed by atoms with van der Waals surface area (Å²) in [5.74, 6) is 1.73. The number of hydrogen-bond acceptors (Lipinski definition) is 5. The van der Waals surface area contributed by atoms with Gasteiger partial charge in [0.05, 0.1) is 0 Å². The van der Waals surface area contributed by atoms with Crippen molar-refractivity contribution in [1.82, 2.24) is 14.8 Å². The van der Waals surface area contributed by atoms with Gasteiger partial charge < -0.3 is 14.6 Å². The first-order valence-electron chi connectivity index (χ1n) is 7.24. The first-order chi connectivity index (χ1) is 10.3. The molecule has 1 aromatic carbocycles. The van der Waals surface area contributed by atoms with Crippen molar-refractivity contribution in [3.05, 3.63) is 35.7 Å². The normalized spacial score (nSPS) is 14.6. The van der Waals surface area contributed by atoms with Crippen molar-refractivity contribution < 1.29 is 10.0 Å². The summed E-state index contributed by atoms with van der Waals surface area (Å²) in [5.41, 5.74) is 1.48. The third-order valence-corrected chi connectivity index (χ3v) is 4.78. The van der Waals surface area contributed by atoms with E-state index in [9.17, 15) is 10.0 Å². The van der Waals surface area contributed by atoms with Gasteiger partial charge in [0.1, 0.15) is 5.82 Å². The molecule has 0 unspecified atom stereocenters. The molecule has 0 aliphatic carbocycles. The van der Waals surface area contributed by atoms with Crippen LogP contribution < -0.4 is 5.46 Å². The van der Waals surface area contributed by atoms with E-state index >= 15 is 0 Å². The van der Waals surface area contributed by atoms with Crippen molar-refractivity contribution in [2.45, 2.75) is 43.1 Å². The molecule has 0 spiro atoms. The maximum absolute atomic E-state index is 9.40. The van der Waals surface area contributed by atoms with E-state index in [1.807, 2.05) is 18.2 Å². The molecule has 0 fully saturated rings. The molecule has 2 aromatic rings. The molecule has 5 nitrogen and oxygen atoms in total. The molecule has 0 saturated carbocycles. The van der Waals surface area contributed by atoms with E-state index in [1.54, 1.807) is 17.8 Å². The van der Waals surface area contributed by atoms with Crippen LogP contribution >= 0.6 is 11.8 Å². The lowest BCUT2D eigenvalue weighted by Gasteiger charge is -2.09. The van der Waals surface area contributed by atoms with E-state index in [0.29, 0.717) is 11.2 Å². The zero-order valence-corrected chi connectivity index (χ0v) is 12.6. The van der Waals surface area contributed by atoms with Gasteiger partial charge in [0, 0.05) is 18.7 Å². The minimum Gasteiger partial charge on any atom is -0.423 e. The van der Waals surface area contributed by atoms with Crippen LogP contribution in [-0.2, 0) is 18.7 Å². The topological polar surface area (TPSA) is 71.2 Å². The van der Waals surface area contributed by atoms with Crippen LogP contribution in [0, 0.1) is 0 Å². The lowest BCUT2D eigenvalue weighted by molar-refractivity contribution is 0.425. The number of aryl methyl sites for hydroxylation is 1. The Labute approximate surface area is 128 Å². The number of aromatic nitrogens is 3. The fraction of sp³-hybridized carbons (Fsp3) is 0.429. The Kier molecular flexibility index (Phi) is 4.62. The summed E-state index contributed by atoms with van der Waals surface area (Å²) >= 11 is 1.60. The molecule has 2 N–H and O–H groups in total. The minimum absolute atomic E-state index is 0.556. The van der Waals surface area contributed by atoms with Crippen molar-refractivity contribution >= 4 is 24.3 Å². The molecule has 110 valence electrons. The zero-order chi connectivity index (χ0) is 14.7. The second-order valence-electron chi connectivity index (χ2n) is 5.22. The third kappa shape index (κ3) is 3.31. The van der Waals surface area contributed by atoms with Crippen LogP contribution in [0.15, 0.2) is 29.4 Å². The Bertz CT molecular complexity index is 618. The van der Waals surface area contributed by atoms with Crippen LogP contribution in [0.3, 0.4) is 0 Å². The molecule has 0 radical (unpaired) electrons. The number of fused-ring (bicyclic) bond motifs is 1. The lowest BCUT2D eigenvalue weighted by atomic mass is 9.77. The van der Waals surface area contributed by atoms with Gasteiger partial charge in [-0.2, -0.15) is 0 Å². The minimum atomic E-state index is -1.43. The van der Waals surface area contributed by atoms with Gasteiger partial charge in [-0.15, -0.1) is 10.2 Å². The van der Waals surface area contributed by atoms with E-state index in [1.165, 1.54) is 19.3 Å². The third-order valence-electron chi connectivity index (χ3n) is 3.77. The highest BCUT2D eigenvalue weighted by Gasteiger charge is 2.18. The number of nitrogens with zero attached hydrogens (tertiary/aromatic N) is 3. The molecule has 0 saturated heterocycles. The molecular weight excluding hydrogens is 285 g/mol. The van der Waals surface area contributed by atoms with Gasteiger partial charge in [0.2, 0.25) is 0 Å². The first-order valence-corrected chi connectivity index (χ1v) is 8.23. The fourth-order valence-electron chi connectivity index (χ4n) is 2.62. The second-order valence-corrected chi connectivity index (χ2v) is 6.16. The summed E-state index contributed by atoms with van der Waals surface area (Å²) in [6.07, 6.45) is 4.60. The Morgan fingerprint density at radius 2 is 2.00 bits per heavy atom. The summed E-state index contributed by atoms with van der Waals surface area (Å²) in [7, 11) is -1.43. The van der Waals surface area contributed by atoms with Crippen LogP contribution in [0.5, 0.6) is 0 Å². The fourth-order valence-corrected chi connectivity index (χ4v) is 3.62. The van der Waals surface area contributed by atoms with Gasteiger partial charge in [-0.05, 0) is 23.9 Å². The predicted molar refractivity (Wildman–Crippen MR) is 83.4 cm³/mol. The van der Waals surface area contributed by atoms with Gasteiger partial charge in [0.25, 0.3) is 0 Å². The molecule has 1 aliphatic rings. The molecule has 1 aromatic heterocycles.